The summed E-state index contributed by atoms with van der Waals surface area (Å²) in [5, 5.41) is 3.07. The second-order valence-electron chi connectivity index (χ2n) is 2.21. The van der Waals surface area contributed by atoms with Crippen molar-refractivity contribution in [1.82, 2.24) is 0 Å². The molecule has 0 amide bonds. The van der Waals surface area contributed by atoms with E-state index in [4.69, 9.17) is 0 Å². The van der Waals surface area contributed by atoms with Crippen LogP contribution in [0.5, 0.6) is 0 Å². The van der Waals surface area contributed by atoms with Crippen molar-refractivity contribution in [2.45, 2.75) is 6.92 Å². The van der Waals surface area contributed by atoms with E-state index in [0.29, 0.717) is 0 Å². The minimum absolute atomic E-state index is 1.15. The van der Waals surface area contributed by atoms with Crippen LogP contribution in [0.4, 0.5) is 5.69 Å². The largest absolute Gasteiger partial charge is 0.388 e. The first-order chi connectivity index (χ1) is 4.74. The van der Waals surface area contributed by atoms with Crippen LogP contribution in [0.25, 0.3) is 0 Å². The second kappa shape index (κ2) is 3.06. The Hall–Kier alpha value is -0.500. The molecule has 1 aromatic carbocycles. The van der Waals surface area contributed by atoms with Gasteiger partial charge in [0.2, 0.25) is 0 Å². The third-order valence-corrected chi connectivity index (χ3v) is 2.34. The summed E-state index contributed by atoms with van der Waals surface area (Å²) in [7, 11) is 1.92. The molecule has 0 aliphatic carbocycles. The number of halogens is 1. The Morgan fingerprint density at radius 3 is 2.60 bits per heavy atom. The van der Waals surface area contributed by atoms with Crippen molar-refractivity contribution in [1.29, 1.82) is 0 Å². The van der Waals surface area contributed by atoms with Crippen LogP contribution in [0.3, 0.4) is 0 Å². The minimum atomic E-state index is 1.15. The molecule has 0 bridgehead atoms. The maximum Gasteiger partial charge on any atom is 0.0341 e. The molecule has 0 atom stereocenters. The van der Waals surface area contributed by atoms with Gasteiger partial charge in [-0.2, -0.15) is 0 Å². The van der Waals surface area contributed by atoms with Gasteiger partial charge in [-0.25, -0.2) is 0 Å². The fourth-order valence-electron chi connectivity index (χ4n) is 0.800. The Morgan fingerprint density at radius 2 is 2.10 bits per heavy atom. The van der Waals surface area contributed by atoms with Gasteiger partial charge in [0.25, 0.3) is 0 Å². The zero-order chi connectivity index (χ0) is 7.56. The topological polar surface area (TPSA) is 12.0 Å². The molecule has 0 aliphatic heterocycles. The van der Waals surface area contributed by atoms with E-state index in [1.165, 1.54) is 5.56 Å². The molecular formula is C8H10BrN. The number of anilines is 1. The van der Waals surface area contributed by atoms with Gasteiger partial charge in [0.1, 0.15) is 0 Å². The van der Waals surface area contributed by atoms with Crippen LogP contribution in [0.1, 0.15) is 5.56 Å². The van der Waals surface area contributed by atoms with Crippen molar-refractivity contribution in [2.75, 3.05) is 12.4 Å². The van der Waals surface area contributed by atoms with Gasteiger partial charge in [0, 0.05) is 17.2 Å². The van der Waals surface area contributed by atoms with Crippen LogP contribution in [-0.4, -0.2) is 7.05 Å². The summed E-state index contributed by atoms with van der Waals surface area (Å²) in [5.74, 6) is 0. The van der Waals surface area contributed by atoms with E-state index in [-0.39, 0.29) is 0 Å². The Balaban J connectivity index is 3.04. The molecular weight excluding hydrogens is 190 g/mol. The van der Waals surface area contributed by atoms with Crippen molar-refractivity contribution in [3.63, 3.8) is 0 Å². The van der Waals surface area contributed by atoms with Gasteiger partial charge in [-0.1, -0.05) is 15.9 Å². The van der Waals surface area contributed by atoms with Gasteiger partial charge in [0.05, 0.1) is 0 Å². The highest BCUT2D eigenvalue weighted by atomic mass is 79.9. The molecule has 0 aromatic heterocycles. The van der Waals surface area contributed by atoms with E-state index in [9.17, 15) is 0 Å². The second-order valence-corrected chi connectivity index (χ2v) is 3.07. The number of benzene rings is 1. The average Bonchev–Trinajstić information content (AvgIpc) is 1.95. The molecule has 1 rings (SSSR count). The lowest BCUT2D eigenvalue weighted by molar-refractivity contribution is 1.40. The molecule has 0 aliphatic rings. The molecule has 54 valence electrons. The summed E-state index contributed by atoms with van der Waals surface area (Å²) in [4.78, 5) is 0. The van der Waals surface area contributed by atoms with Crippen molar-refractivity contribution < 1.29 is 0 Å². The molecule has 0 saturated heterocycles. The van der Waals surface area contributed by atoms with E-state index in [1.807, 2.05) is 19.2 Å². The lowest BCUT2D eigenvalue weighted by Gasteiger charge is -2.01. The summed E-state index contributed by atoms with van der Waals surface area (Å²) in [6.07, 6.45) is 0. The predicted octanol–water partition coefficient (Wildman–Crippen LogP) is 2.80. The highest BCUT2D eigenvalue weighted by molar-refractivity contribution is 9.10. The Kier molecular flexibility index (Phi) is 2.33. The van der Waals surface area contributed by atoms with Crippen LogP contribution >= 0.6 is 15.9 Å². The predicted molar refractivity (Wildman–Crippen MR) is 48.4 cm³/mol. The summed E-state index contributed by atoms with van der Waals surface area (Å²) in [5.41, 5.74) is 2.41. The van der Waals surface area contributed by atoms with Crippen molar-refractivity contribution in [2.24, 2.45) is 0 Å². The third kappa shape index (κ3) is 1.51. The Labute approximate surface area is 69.6 Å². The fourth-order valence-corrected chi connectivity index (χ4v) is 1.05. The van der Waals surface area contributed by atoms with Crippen molar-refractivity contribution in [3.05, 3.63) is 28.2 Å². The van der Waals surface area contributed by atoms with Crippen LogP contribution in [-0.2, 0) is 0 Å². The molecule has 0 unspecified atom stereocenters. The zero-order valence-electron chi connectivity index (χ0n) is 6.11. The van der Waals surface area contributed by atoms with Gasteiger partial charge in [0.15, 0.2) is 0 Å². The summed E-state index contributed by atoms with van der Waals surface area (Å²) >= 11 is 3.43. The molecule has 0 radical (unpaired) electrons. The van der Waals surface area contributed by atoms with E-state index >= 15 is 0 Å². The van der Waals surface area contributed by atoms with Gasteiger partial charge in [-0.3, -0.25) is 0 Å². The molecule has 10 heavy (non-hydrogen) atoms. The van der Waals surface area contributed by atoms with Gasteiger partial charge < -0.3 is 5.32 Å². The quantitative estimate of drug-likeness (QED) is 0.734. The first-order valence-electron chi connectivity index (χ1n) is 3.18. The van der Waals surface area contributed by atoms with Crippen LogP contribution in [0.15, 0.2) is 22.7 Å². The highest BCUT2D eigenvalue weighted by Gasteiger charge is 1.93. The molecule has 1 aromatic rings. The summed E-state index contributed by atoms with van der Waals surface area (Å²) in [6.45, 7) is 2.07. The standard InChI is InChI=1S/C8H10BrN/c1-6-5-7(10-2)3-4-8(6)9/h3-5,10H,1-2H3. The third-order valence-electron chi connectivity index (χ3n) is 1.45. The number of hydrogen-bond donors (Lipinski definition) is 1. The van der Waals surface area contributed by atoms with Gasteiger partial charge in [-0.15, -0.1) is 0 Å². The summed E-state index contributed by atoms with van der Waals surface area (Å²) < 4.78 is 1.16. The lowest BCUT2D eigenvalue weighted by atomic mass is 10.2. The maximum absolute atomic E-state index is 3.43. The molecule has 0 saturated carbocycles. The molecule has 1 nitrogen and oxygen atoms in total. The Bertz CT molecular complexity index is 233. The normalized spacial score (nSPS) is 9.50. The number of aryl methyl sites for hydroxylation is 1. The van der Waals surface area contributed by atoms with Crippen molar-refractivity contribution >= 4 is 21.6 Å². The molecule has 1 N–H and O–H groups in total. The molecule has 2 heteroatoms. The lowest BCUT2D eigenvalue weighted by Crippen LogP contribution is -1.87. The Morgan fingerprint density at radius 1 is 1.40 bits per heavy atom. The first kappa shape index (κ1) is 7.61. The highest BCUT2D eigenvalue weighted by Crippen LogP contribution is 2.19. The monoisotopic (exact) mass is 199 g/mol. The van der Waals surface area contributed by atoms with E-state index < -0.39 is 0 Å². The molecule has 0 heterocycles. The van der Waals surface area contributed by atoms with E-state index in [2.05, 4.69) is 34.2 Å². The summed E-state index contributed by atoms with van der Waals surface area (Å²) in [6, 6.07) is 6.18. The van der Waals surface area contributed by atoms with E-state index in [1.54, 1.807) is 0 Å². The number of nitrogens with one attached hydrogen (secondary N) is 1. The smallest absolute Gasteiger partial charge is 0.0341 e. The van der Waals surface area contributed by atoms with Crippen molar-refractivity contribution in [3.8, 4) is 0 Å². The van der Waals surface area contributed by atoms with Crippen LogP contribution in [0.2, 0.25) is 0 Å². The number of rotatable bonds is 1. The maximum atomic E-state index is 3.43. The number of hydrogen-bond acceptors (Lipinski definition) is 1. The van der Waals surface area contributed by atoms with Gasteiger partial charge in [-0.05, 0) is 30.7 Å². The first-order valence-corrected chi connectivity index (χ1v) is 3.97. The van der Waals surface area contributed by atoms with Gasteiger partial charge >= 0.3 is 0 Å². The van der Waals surface area contributed by atoms with E-state index in [0.717, 1.165) is 10.2 Å². The average molecular weight is 200 g/mol. The van der Waals surface area contributed by atoms with Crippen LogP contribution < -0.4 is 5.32 Å². The molecule has 0 fully saturated rings. The SMILES string of the molecule is CNc1ccc(Br)c(C)c1. The fraction of sp³-hybridized carbons (Fsp3) is 0.250. The minimum Gasteiger partial charge on any atom is -0.388 e. The molecule has 0 spiro atoms. The zero-order valence-corrected chi connectivity index (χ0v) is 7.70. The van der Waals surface area contributed by atoms with Crippen LogP contribution in [0, 0.1) is 6.92 Å².